The Morgan fingerprint density at radius 2 is 1.94 bits per heavy atom. The number of carbonyl (C=O) groups excluding carboxylic acids is 1. The van der Waals surface area contributed by atoms with E-state index in [1.807, 2.05) is 0 Å². The first-order chi connectivity index (χ1) is 7.22. The van der Waals surface area contributed by atoms with Crippen LogP contribution in [0.3, 0.4) is 0 Å². The minimum atomic E-state index is -1.90. The quantitative estimate of drug-likeness (QED) is 0.541. The van der Waals surface area contributed by atoms with Crippen molar-refractivity contribution in [3.8, 4) is 0 Å². The highest BCUT2D eigenvalue weighted by atomic mass is 16.5. The van der Waals surface area contributed by atoms with Crippen LogP contribution in [0.5, 0.6) is 0 Å². The van der Waals surface area contributed by atoms with Gasteiger partial charge in [-0.15, -0.1) is 0 Å². The van der Waals surface area contributed by atoms with Gasteiger partial charge in [-0.05, 0) is 12.8 Å². The predicted molar refractivity (Wildman–Crippen MR) is 56.9 cm³/mol. The van der Waals surface area contributed by atoms with E-state index in [1.54, 1.807) is 13.8 Å². The number of rotatable bonds is 6. The summed E-state index contributed by atoms with van der Waals surface area (Å²) in [5, 5.41) is 20.8. The molecular weight excluding hydrogens is 214 g/mol. The highest BCUT2D eigenvalue weighted by Crippen LogP contribution is 2.07. The maximum absolute atomic E-state index is 11.3. The largest absolute Gasteiger partial charge is 0.479 e. The molecule has 3 N–H and O–H groups in total. The molecule has 0 aliphatic carbocycles. The van der Waals surface area contributed by atoms with Gasteiger partial charge >= 0.3 is 11.9 Å². The van der Waals surface area contributed by atoms with E-state index >= 15 is 0 Å². The summed E-state index contributed by atoms with van der Waals surface area (Å²) in [6, 6.07) is -0.629. The van der Waals surface area contributed by atoms with Gasteiger partial charge in [0.25, 0.3) is 0 Å². The van der Waals surface area contributed by atoms with E-state index in [9.17, 15) is 14.7 Å². The lowest BCUT2D eigenvalue weighted by atomic mass is 10.0. The van der Waals surface area contributed by atoms with Crippen LogP contribution in [0.15, 0.2) is 0 Å². The topological polar surface area (TPSA) is 95.9 Å². The highest BCUT2D eigenvalue weighted by molar-refractivity contribution is 5.78. The van der Waals surface area contributed by atoms with Crippen LogP contribution in [0.1, 0.15) is 20.8 Å². The maximum Gasteiger partial charge on any atom is 0.336 e. The Balaban J connectivity index is 4.45. The minimum Gasteiger partial charge on any atom is -0.479 e. The van der Waals surface area contributed by atoms with E-state index in [0.29, 0.717) is 0 Å². The zero-order valence-corrected chi connectivity index (χ0v) is 9.98. The van der Waals surface area contributed by atoms with Gasteiger partial charge in [0.15, 0.2) is 5.60 Å². The molecular formula is C10H19NO5. The summed E-state index contributed by atoms with van der Waals surface area (Å²) in [4.78, 5) is 22.0. The van der Waals surface area contributed by atoms with E-state index in [-0.39, 0.29) is 12.5 Å². The molecule has 0 aromatic rings. The fourth-order valence-electron chi connectivity index (χ4n) is 1.10. The normalized spacial score (nSPS) is 16.6. The van der Waals surface area contributed by atoms with Crippen molar-refractivity contribution in [3.63, 3.8) is 0 Å². The van der Waals surface area contributed by atoms with Gasteiger partial charge in [-0.1, -0.05) is 13.8 Å². The van der Waals surface area contributed by atoms with Gasteiger partial charge in [0.2, 0.25) is 0 Å². The number of aliphatic carboxylic acids is 1. The van der Waals surface area contributed by atoms with Crippen molar-refractivity contribution in [2.75, 3.05) is 13.7 Å². The second kappa shape index (κ2) is 5.81. The number of methoxy groups -OCH3 is 1. The number of aliphatic hydroxyl groups is 1. The van der Waals surface area contributed by atoms with Gasteiger partial charge in [-0.2, -0.15) is 0 Å². The minimum absolute atomic E-state index is 0.0583. The Kier molecular flexibility index (Phi) is 5.40. The lowest BCUT2D eigenvalue weighted by Gasteiger charge is -2.24. The number of ether oxygens (including phenoxy) is 1. The van der Waals surface area contributed by atoms with Crippen LogP contribution in [0, 0.1) is 5.92 Å². The monoisotopic (exact) mass is 233 g/mol. The molecule has 94 valence electrons. The molecule has 0 rings (SSSR count). The van der Waals surface area contributed by atoms with Crippen molar-refractivity contribution in [2.24, 2.45) is 5.92 Å². The van der Waals surface area contributed by atoms with Crippen LogP contribution < -0.4 is 5.32 Å². The molecule has 0 aliphatic rings. The molecule has 16 heavy (non-hydrogen) atoms. The smallest absolute Gasteiger partial charge is 0.336 e. The summed E-state index contributed by atoms with van der Waals surface area (Å²) >= 11 is 0. The number of hydrogen-bond acceptors (Lipinski definition) is 5. The molecule has 0 aromatic carbocycles. The van der Waals surface area contributed by atoms with E-state index in [2.05, 4.69) is 10.1 Å². The van der Waals surface area contributed by atoms with Crippen LogP contribution in [-0.4, -0.2) is 47.4 Å². The van der Waals surface area contributed by atoms with Crippen molar-refractivity contribution < 1.29 is 24.5 Å². The van der Waals surface area contributed by atoms with E-state index in [4.69, 9.17) is 5.11 Å². The SMILES string of the molecule is COC(=O)C(NCC(C)(O)C(=O)O)C(C)C. The van der Waals surface area contributed by atoms with E-state index < -0.39 is 23.6 Å². The van der Waals surface area contributed by atoms with Crippen molar-refractivity contribution in [2.45, 2.75) is 32.4 Å². The Bertz CT molecular complexity index is 262. The Hall–Kier alpha value is -1.14. The molecule has 0 heterocycles. The first-order valence-electron chi connectivity index (χ1n) is 4.99. The Morgan fingerprint density at radius 1 is 1.44 bits per heavy atom. The number of carbonyl (C=O) groups is 2. The molecule has 2 atom stereocenters. The third-order valence-electron chi connectivity index (χ3n) is 2.25. The molecule has 0 amide bonds. The number of hydrogen-bond donors (Lipinski definition) is 3. The average Bonchev–Trinajstić information content (AvgIpc) is 2.16. The molecule has 0 aliphatic heterocycles. The van der Waals surface area contributed by atoms with Crippen LogP contribution in [-0.2, 0) is 14.3 Å². The third-order valence-corrected chi connectivity index (χ3v) is 2.25. The van der Waals surface area contributed by atoms with Crippen molar-refractivity contribution in [1.82, 2.24) is 5.32 Å². The van der Waals surface area contributed by atoms with E-state index in [1.165, 1.54) is 7.11 Å². The van der Waals surface area contributed by atoms with Crippen LogP contribution >= 0.6 is 0 Å². The second-order valence-corrected chi connectivity index (χ2v) is 4.20. The molecule has 2 unspecified atom stereocenters. The lowest BCUT2D eigenvalue weighted by Crippen LogP contribution is -2.51. The molecule has 6 heteroatoms. The molecule has 0 spiro atoms. The zero-order valence-electron chi connectivity index (χ0n) is 9.98. The van der Waals surface area contributed by atoms with E-state index in [0.717, 1.165) is 6.92 Å². The number of carboxylic acids is 1. The fourth-order valence-corrected chi connectivity index (χ4v) is 1.10. The Labute approximate surface area is 94.6 Å². The van der Waals surface area contributed by atoms with Crippen LogP contribution in [0.2, 0.25) is 0 Å². The summed E-state index contributed by atoms with van der Waals surface area (Å²) in [6.07, 6.45) is 0. The summed E-state index contributed by atoms with van der Waals surface area (Å²) < 4.78 is 4.57. The summed E-state index contributed by atoms with van der Waals surface area (Å²) in [5.41, 5.74) is -1.90. The molecule has 0 saturated heterocycles. The second-order valence-electron chi connectivity index (χ2n) is 4.20. The number of nitrogens with one attached hydrogen (secondary N) is 1. The molecule has 0 saturated carbocycles. The fraction of sp³-hybridized carbons (Fsp3) is 0.800. The van der Waals surface area contributed by atoms with Gasteiger partial charge < -0.3 is 20.3 Å². The first-order valence-corrected chi connectivity index (χ1v) is 4.99. The molecule has 0 bridgehead atoms. The van der Waals surface area contributed by atoms with Crippen LogP contribution in [0.25, 0.3) is 0 Å². The summed E-state index contributed by atoms with van der Waals surface area (Å²) in [6.45, 7) is 4.53. The van der Waals surface area contributed by atoms with Gasteiger partial charge in [0.1, 0.15) is 6.04 Å². The van der Waals surface area contributed by atoms with Crippen molar-refractivity contribution in [3.05, 3.63) is 0 Å². The van der Waals surface area contributed by atoms with Crippen molar-refractivity contribution in [1.29, 1.82) is 0 Å². The molecule has 6 nitrogen and oxygen atoms in total. The molecule has 0 fully saturated rings. The lowest BCUT2D eigenvalue weighted by molar-refractivity contribution is -0.157. The average molecular weight is 233 g/mol. The third kappa shape index (κ3) is 4.16. The Morgan fingerprint density at radius 3 is 2.25 bits per heavy atom. The van der Waals surface area contributed by atoms with Crippen molar-refractivity contribution >= 4 is 11.9 Å². The van der Waals surface area contributed by atoms with Gasteiger partial charge in [-0.25, -0.2) is 4.79 Å². The zero-order chi connectivity index (χ0) is 12.9. The number of carboxylic acid groups (broad SMARTS) is 1. The maximum atomic E-state index is 11.3. The van der Waals surface area contributed by atoms with Crippen LogP contribution in [0.4, 0.5) is 0 Å². The standard InChI is InChI=1S/C10H19NO5/c1-6(2)7(8(12)16-4)11-5-10(3,15)9(13)14/h6-7,11,15H,5H2,1-4H3,(H,13,14). The molecule has 0 aromatic heterocycles. The summed E-state index contributed by atoms with van der Waals surface area (Å²) in [7, 11) is 1.26. The highest BCUT2D eigenvalue weighted by Gasteiger charge is 2.32. The molecule has 0 radical (unpaired) electrons. The van der Waals surface area contributed by atoms with Gasteiger partial charge in [0.05, 0.1) is 7.11 Å². The van der Waals surface area contributed by atoms with Gasteiger partial charge in [-0.3, -0.25) is 4.79 Å². The number of esters is 1. The summed E-state index contributed by atoms with van der Waals surface area (Å²) in [5.74, 6) is -1.87. The first kappa shape index (κ1) is 14.9. The van der Waals surface area contributed by atoms with Gasteiger partial charge in [0, 0.05) is 6.54 Å². The predicted octanol–water partition coefficient (Wildman–Crippen LogP) is -0.391.